The van der Waals surface area contributed by atoms with Gasteiger partial charge in [0.05, 0.1) is 6.61 Å². The van der Waals surface area contributed by atoms with Crippen molar-refractivity contribution in [3.05, 3.63) is 47.8 Å². The van der Waals surface area contributed by atoms with Gasteiger partial charge < -0.3 is 4.74 Å². The molecule has 2 rings (SSSR count). The molecule has 0 atom stereocenters. The highest BCUT2D eigenvalue weighted by Gasteiger charge is 2.11. The van der Waals surface area contributed by atoms with Crippen LogP contribution in [-0.4, -0.2) is 22.2 Å². The summed E-state index contributed by atoms with van der Waals surface area (Å²) in [6.45, 7) is 2.74. The molecule has 0 bridgehead atoms. The summed E-state index contributed by atoms with van der Waals surface area (Å²) in [6.07, 6.45) is 2.72. The zero-order chi connectivity index (χ0) is 13.0. The molecule has 4 heteroatoms. The molecule has 0 N–H and O–H groups in total. The lowest BCUT2D eigenvalue weighted by Gasteiger charge is -2.04. The quantitative estimate of drug-likeness (QED) is 0.759. The number of nitrogens with zero attached hydrogens (tertiary/aromatic N) is 2. The third-order valence-electron chi connectivity index (χ3n) is 2.54. The molecule has 0 saturated carbocycles. The van der Waals surface area contributed by atoms with E-state index in [1.807, 2.05) is 12.1 Å². The predicted molar refractivity (Wildman–Crippen MR) is 68.9 cm³/mol. The summed E-state index contributed by atoms with van der Waals surface area (Å²) < 4.78 is 7.09. The fourth-order valence-corrected chi connectivity index (χ4v) is 1.61. The molecule has 1 heterocycles. The molecular formula is C14H16N2O2. The van der Waals surface area contributed by atoms with Crippen LogP contribution in [0.2, 0.25) is 0 Å². The number of hydrogen-bond acceptors (Lipinski definition) is 3. The normalized spacial score (nSPS) is 10.3. The van der Waals surface area contributed by atoms with E-state index in [0.717, 1.165) is 12.2 Å². The topological polar surface area (TPSA) is 44.1 Å². The van der Waals surface area contributed by atoms with Gasteiger partial charge in [-0.1, -0.05) is 6.92 Å². The number of ketones is 1. The molecule has 94 valence electrons. The van der Waals surface area contributed by atoms with Gasteiger partial charge in [-0.2, -0.15) is 5.10 Å². The van der Waals surface area contributed by atoms with Gasteiger partial charge in [0, 0.05) is 18.8 Å². The Morgan fingerprint density at radius 2 is 2.00 bits per heavy atom. The number of carbonyl (C=O) groups excluding carboxylic acids is 1. The summed E-state index contributed by atoms with van der Waals surface area (Å²) in [5.74, 6) is 0.715. The van der Waals surface area contributed by atoms with E-state index in [0.29, 0.717) is 17.9 Å². The lowest BCUT2D eigenvalue weighted by atomic mass is 10.1. The fourth-order valence-electron chi connectivity index (χ4n) is 1.61. The largest absolute Gasteiger partial charge is 0.494 e. The molecule has 0 aliphatic rings. The van der Waals surface area contributed by atoms with Gasteiger partial charge in [0.1, 0.15) is 11.4 Å². The third kappa shape index (κ3) is 2.77. The van der Waals surface area contributed by atoms with E-state index >= 15 is 0 Å². The van der Waals surface area contributed by atoms with E-state index in [1.165, 1.54) is 0 Å². The number of aryl methyl sites for hydroxylation is 1. The molecule has 0 aliphatic carbocycles. The summed E-state index contributed by atoms with van der Waals surface area (Å²) in [6, 6.07) is 8.87. The van der Waals surface area contributed by atoms with Crippen LogP contribution in [0.5, 0.6) is 5.75 Å². The van der Waals surface area contributed by atoms with Crippen LogP contribution < -0.4 is 4.74 Å². The van der Waals surface area contributed by atoms with Gasteiger partial charge in [0.25, 0.3) is 0 Å². The average molecular weight is 244 g/mol. The molecule has 0 spiro atoms. The highest BCUT2D eigenvalue weighted by Crippen LogP contribution is 2.14. The van der Waals surface area contributed by atoms with Gasteiger partial charge >= 0.3 is 0 Å². The number of aromatic nitrogens is 2. The Kier molecular flexibility index (Phi) is 3.77. The smallest absolute Gasteiger partial charge is 0.213 e. The van der Waals surface area contributed by atoms with E-state index in [4.69, 9.17) is 4.74 Å². The lowest BCUT2D eigenvalue weighted by Crippen LogP contribution is -2.03. The van der Waals surface area contributed by atoms with Gasteiger partial charge in [0.2, 0.25) is 5.78 Å². The lowest BCUT2D eigenvalue weighted by molar-refractivity contribution is 0.103. The number of rotatable bonds is 5. The van der Waals surface area contributed by atoms with Crippen LogP contribution in [0, 0.1) is 0 Å². The highest BCUT2D eigenvalue weighted by molar-refractivity contribution is 6.07. The van der Waals surface area contributed by atoms with Crippen molar-refractivity contribution >= 4 is 5.78 Å². The second-order valence-corrected chi connectivity index (χ2v) is 4.08. The predicted octanol–water partition coefficient (Wildman–Crippen LogP) is 2.44. The van der Waals surface area contributed by atoms with Crippen molar-refractivity contribution in [2.24, 2.45) is 7.05 Å². The minimum absolute atomic E-state index is 0.0716. The summed E-state index contributed by atoms with van der Waals surface area (Å²) >= 11 is 0. The minimum atomic E-state index is -0.0716. The molecule has 0 amide bonds. The second kappa shape index (κ2) is 5.49. The Morgan fingerprint density at radius 3 is 2.56 bits per heavy atom. The van der Waals surface area contributed by atoms with Gasteiger partial charge in [0.15, 0.2) is 0 Å². The fraction of sp³-hybridized carbons (Fsp3) is 0.286. The Morgan fingerprint density at radius 1 is 1.28 bits per heavy atom. The van der Waals surface area contributed by atoms with Crippen molar-refractivity contribution in [1.29, 1.82) is 0 Å². The van der Waals surface area contributed by atoms with E-state index in [9.17, 15) is 4.79 Å². The van der Waals surface area contributed by atoms with Crippen LogP contribution in [0.3, 0.4) is 0 Å². The van der Waals surface area contributed by atoms with E-state index < -0.39 is 0 Å². The van der Waals surface area contributed by atoms with Crippen LogP contribution in [0.25, 0.3) is 0 Å². The molecule has 2 aromatic rings. The molecule has 0 aliphatic heterocycles. The molecule has 1 aromatic heterocycles. The SMILES string of the molecule is CCCOc1ccc(C(=O)c2ccn(C)n2)cc1. The summed E-state index contributed by atoms with van der Waals surface area (Å²) in [7, 11) is 1.79. The first-order valence-electron chi connectivity index (χ1n) is 5.98. The molecule has 4 nitrogen and oxygen atoms in total. The maximum absolute atomic E-state index is 12.1. The standard InChI is InChI=1S/C14H16N2O2/c1-3-10-18-12-6-4-11(5-7-12)14(17)13-8-9-16(2)15-13/h4-9H,3,10H2,1-2H3. The average Bonchev–Trinajstić information content (AvgIpc) is 2.83. The molecule has 0 fully saturated rings. The zero-order valence-electron chi connectivity index (χ0n) is 10.6. The summed E-state index contributed by atoms with van der Waals surface area (Å²) in [4.78, 5) is 12.1. The number of hydrogen-bond donors (Lipinski definition) is 0. The molecule has 18 heavy (non-hydrogen) atoms. The van der Waals surface area contributed by atoms with Crippen molar-refractivity contribution in [3.8, 4) is 5.75 Å². The van der Waals surface area contributed by atoms with Crippen molar-refractivity contribution in [2.45, 2.75) is 13.3 Å². The van der Waals surface area contributed by atoms with E-state index in [1.54, 1.807) is 36.1 Å². The Labute approximate surface area is 106 Å². The van der Waals surface area contributed by atoms with E-state index in [-0.39, 0.29) is 5.78 Å². The van der Waals surface area contributed by atoms with Crippen LogP contribution in [0.1, 0.15) is 29.4 Å². The van der Waals surface area contributed by atoms with E-state index in [2.05, 4.69) is 12.0 Å². The summed E-state index contributed by atoms with van der Waals surface area (Å²) in [5.41, 5.74) is 1.08. The van der Waals surface area contributed by atoms with Crippen molar-refractivity contribution in [3.63, 3.8) is 0 Å². The summed E-state index contributed by atoms with van der Waals surface area (Å²) in [5, 5.41) is 4.09. The zero-order valence-corrected chi connectivity index (χ0v) is 10.6. The van der Waals surface area contributed by atoms with Crippen molar-refractivity contribution in [1.82, 2.24) is 9.78 Å². The first kappa shape index (κ1) is 12.4. The number of ether oxygens (including phenoxy) is 1. The highest BCUT2D eigenvalue weighted by atomic mass is 16.5. The van der Waals surface area contributed by atoms with Gasteiger partial charge in [-0.25, -0.2) is 0 Å². The third-order valence-corrected chi connectivity index (χ3v) is 2.54. The van der Waals surface area contributed by atoms with Crippen LogP contribution in [0.15, 0.2) is 36.5 Å². The minimum Gasteiger partial charge on any atom is -0.494 e. The Balaban J connectivity index is 2.12. The van der Waals surface area contributed by atoms with Crippen molar-refractivity contribution in [2.75, 3.05) is 6.61 Å². The number of carbonyl (C=O) groups is 1. The molecule has 0 saturated heterocycles. The molecule has 0 unspecified atom stereocenters. The van der Waals surface area contributed by atoms with Gasteiger partial charge in [-0.3, -0.25) is 9.48 Å². The number of benzene rings is 1. The van der Waals surface area contributed by atoms with Crippen LogP contribution in [-0.2, 0) is 7.05 Å². The van der Waals surface area contributed by atoms with Gasteiger partial charge in [-0.15, -0.1) is 0 Å². The molecule has 1 aromatic carbocycles. The monoisotopic (exact) mass is 244 g/mol. The van der Waals surface area contributed by atoms with Crippen LogP contribution in [0.4, 0.5) is 0 Å². The maximum Gasteiger partial charge on any atom is 0.213 e. The first-order valence-corrected chi connectivity index (χ1v) is 5.98. The first-order chi connectivity index (χ1) is 8.70. The van der Waals surface area contributed by atoms with Gasteiger partial charge in [-0.05, 0) is 36.8 Å². The Hall–Kier alpha value is -2.10. The Bertz CT molecular complexity index is 529. The molecular weight excluding hydrogens is 228 g/mol. The van der Waals surface area contributed by atoms with Crippen molar-refractivity contribution < 1.29 is 9.53 Å². The van der Waals surface area contributed by atoms with Crippen LogP contribution >= 0.6 is 0 Å². The second-order valence-electron chi connectivity index (χ2n) is 4.08. The maximum atomic E-state index is 12.1. The molecule has 0 radical (unpaired) electrons.